The van der Waals surface area contributed by atoms with Gasteiger partial charge in [-0.25, -0.2) is 0 Å². The van der Waals surface area contributed by atoms with Gasteiger partial charge in [0.25, 0.3) is 5.91 Å². The summed E-state index contributed by atoms with van der Waals surface area (Å²) >= 11 is 0. The number of rotatable bonds is 5. The van der Waals surface area contributed by atoms with E-state index in [2.05, 4.69) is 33.7 Å². The van der Waals surface area contributed by atoms with Crippen molar-refractivity contribution in [1.82, 2.24) is 10.2 Å². The second kappa shape index (κ2) is 10.1. The molecule has 0 spiro atoms. The third-order valence-electron chi connectivity index (χ3n) is 7.90. The highest BCUT2D eigenvalue weighted by atomic mass is 16.5. The zero-order valence-electron chi connectivity index (χ0n) is 20.1. The molecular weight excluding hydrogens is 440 g/mol. The molecule has 182 valence electrons. The maximum atomic E-state index is 14.1. The van der Waals surface area contributed by atoms with E-state index in [9.17, 15) is 14.9 Å². The SMILES string of the molecule is COC[C@@H]1Nc2ccccc2[C@H]2[C@H]1CCN2C(=O)[C@H]1CCCC[C@H]1NC(=O)c1ccccc1C#N. The van der Waals surface area contributed by atoms with Gasteiger partial charge in [-0.05, 0) is 43.0 Å². The highest BCUT2D eigenvalue weighted by Crippen LogP contribution is 2.47. The van der Waals surface area contributed by atoms with Gasteiger partial charge in [-0.3, -0.25) is 9.59 Å². The lowest BCUT2D eigenvalue weighted by Gasteiger charge is -2.41. The summed E-state index contributed by atoms with van der Waals surface area (Å²) in [6.45, 7) is 1.30. The molecule has 2 N–H and O–H groups in total. The first-order chi connectivity index (χ1) is 17.1. The highest BCUT2D eigenvalue weighted by molar-refractivity contribution is 5.97. The van der Waals surface area contributed by atoms with Gasteiger partial charge in [0.2, 0.25) is 5.91 Å². The second-order valence-electron chi connectivity index (χ2n) is 9.85. The first-order valence-corrected chi connectivity index (χ1v) is 12.6. The van der Waals surface area contributed by atoms with Crippen LogP contribution < -0.4 is 10.6 Å². The van der Waals surface area contributed by atoms with Gasteiger partial charge in [-0.15, -0.1) is 0 Å². The van der Waals surface area contributed by atoms with E-state index in [4.69, 9.17) is 4.74 Å². The van der Waals surface area contributed by atoms with Crippen molar-refractivity contribution in [2.45, 2.75) is 50.2 Å². The summed E-state index contributed by atoms with van der Waals surface area (Å²) in [7, 11) is 1.72. The van der Waals surface area contributed by atoms with Crippen LogP contribution in [0.5, 0.6) is 0 Å². The number of amides is 2. The summed E-state index contributed by atoms with van der Waals surface area (Å²) < 4.78 is 5.50. The fourth-order valence-corrected chi connectivity index (χ4v) is 6.26. The lowest BCUT2D eigenvalue weighted by molar-refractivity contribution is -0.139. The van der Waals surface area contributed by atoms with Crippen LogP contribution in [0, 0.1) is 23.2 Å². The molecule has 2 aromatic rings. The van der Waals surface area contributed by atoms with E-state index in [1.807, 2.05) is 12.1 Å². The number of benzene rings is 2. The van der Waals surface area contributed by atoms with Gasteiger partial charge in [0.15, 0.2) is 0 Å². The number of ether oxygens (including phenoxy) is 1. The number of para-hydroxylation sites is 1. The van der Waals surface area contributed by atoms with Crippen molar-refractivity contribution >= 4 is 17.5 Å². The molecule has 1 aliphatic carbocycles. The molecular formula is C28H32N4O3. The van der Waals surface area contributed by atoms with E-state index in [1.54, 1.807) is 31.4 Å². The van der Waals surface area contributed by atoms with Crippen molar-refractivity contribution in [2.75, 3.05) is 25.6 Å². The number of likely N-dealkylation sites (tertiary alicyclic amines) is 1. The number of nitrogens with zero attached hydrogens (tertiary/aromatic N) is 2. The van der Waals surface area contributed by atoms with Gasteiger partial charge in [0, 0.05) is 31.3 Å². The van der Waals surface area contributed by atoms with Crippen molar-refractivity contribution in [3.05, 3.63) is 65.2 Å². The van der Waals surface area contributed by atoms with Crippen LogP contribution in [0.3, 0.4) is 0 Å². The predicted molar refractivity (Wildman–Crippen MR) is 133 cm³/mol. The number of hydrogen-bond donors (Lipinski definition) is 2. The molecule has 2 fully saturated rings. The number of nitrogens with one attached hydrogen (secondary N) is 2. The molecule has 2 heterocycles. The van der Waals surface area contributed by atoms with Crippen molar-refractivity contribution in [3.8, 4) is 6.07 Å². The normalized spacial score (nSPS) is 27.2. The van der Waals surface area contributed by atoms with Gasteiger partial charge in [0.1, 0.15) is 0 Å². The van der Waals surface area contributed by atoms with Crippen molar-refractivity contribution in [2.24, 2.45) is 11.8 Å². The fraction of sp³-hybridized carbons (Fsp3) is 0.464. The van der Waals surface area contributed by atoms with E-state index in [0.29, 0.717) is 24.3 Å². The lowest BCUT2D eigenvalue weighted by atomic mass is 9.81. The largest absolute Gasteiger partial charge is 0.383 e. The Morgan fingerprint density at radius 2 is 1.89 bits per heavy atom. The Bertz CT molecular complexity index is 1140. The Morgan fingerprint density at radius 1 is 1.11 bits per heavy atom. The molecule has 5 atom stereocenters. The Morgan fingerprint density at radius 3 is 2.71 bits per heavy atom. The maximum Gasteiger partial charge on any atom is 0.252 e. The summed E-state index contributed by atoms with van der Waals surface area (Å²) in [6.07, 6.45) is 4.40. The second-order valence-corrected chi connectivity index (χ2v) is 9.85. The third-order valence-corrected chi connectivity index (χ3v) is 7.90. The first-order valence-electron chi connectivity index (χ1n) is 12.6. The van der Waals surface area contributed by atoms with Crippen LogP contribution in [0.4, 0.5) is 5.69 Å². The van der Waals surface area contributed by atoms with E-state index >= 15 is 0 Å². The average molecular weight is 473 g/mol. The Hall–Kier alpha value is -3.37. The maximum absolute atomic E-state index is 14.1. The number of nitriles is 1. The van der Waals surface area contributed by atoms with Crippen molar-refractivity contribution in [1.29, 1.82) is 5.26 Å². The Kier molecular flexibility index (Phi) is 6.74. The van der Waals surface area contributed by atoms with Crippen LogP contribution in [0.1, 0.15) is 59.6 Å². The quantitative estimate of drug-likeness (QED) is 0.689. The molecule has 1 saturated carbocycles. The molecule has 0 aromatic heterocycles. The zero-order chi connectivity index (χ0) is 24.4. The van der Waals surface area contributed by atoms with E-state index in [1.165, 1.54) is 0 Å². The van der Waals surface area contributed by atoms with Crippen LogP contribution in [0.2, 0.25) is 0 Å². The number of methoxy groups -OCH3 is 1. The molecule has 7 heteroatoms. The molecule has 2 amide bonds. The Balaban J connectivity index is 1.39. The molecule has 35 heavy (non-hydrogen) atoms. The van der Waals surface area contributed by atoms with E-state index in [0.717, 1.165) is 43.4 Å². The number of fused-ring (bicyclic) bond motifs is 3. The molecule has 5 rings (SSSR count). The van der Waals surface area contributed by atoms with Crippen LogP contribution >= 0.6 is 0 Å². The Labute approximate surface area is 206 Å². The number of anilines is 1. The number of carbonyl (C=O) groups is 2. The van der Waals surface area contributed by atoms with E-state index in [-0.39, 0.29) is 41.8 Å². The van der Waals surface area contributed by atoms with Gasteiger partial charge in [-0.2, -0.15) is 5.26 Å². The topological polar surface area (TPSA) is 94.5 Å². The minimum atomic E-state index is -0.279. The monoisotopic (exact) mass is 472 g/mol. The smallest absolute Gasteiger partial charge is 0.252 e. The van der Waals surface area contributed by atoms with Gasteiger partial charge < -0.3 is 20.3 Å². The van der Waals surface area contributed by atoms with Crippen LogP contribution in [-0.4, -0.2) is 49.1 Å². The summed E-state index contributed by atoms with van der Waals surface area (Å²) in [5, 5.41) is 16.1. The van der Waals surface area contributed by atoms with Gasteiger partial charge >= 0.3 is 0 Å². The minimum absolute atomic E-state index is 0.0118. The summed E-state index contributed by atoms with van der Waals surface area (Å²) in [5.41, 5.74) is 2.94. The standard InChI is InChI=1S/C28H32N4O3/c1-35-17-25-21-14-15-32(26(21)20-10-4-6-12-23(20)30-25)28(34)22-11-5-7-13-24(22)31-27(33)19-9-3-2-8-18(19)16-29/h2-4,6,8-10,12,21-22,24-26,30H,5,7,11,13-15,17H2,1H3,(H,31,33)/t21-,22-,24+,25-,26-/m0/s1. The number of hydrogen-bond acceptors (Lipinski definition) is 5. The lowest BCUT2D eigenvalue weighted by Crippen LogP contribution is -2.50. The molecule has 2 aliphatic heterocycles. The summed E-state index contributed by atoms with van der Waals surface area (Å²) in [6, 6.07) is 17.1. The minimum Gasteiger partial charge on any atom is -0.383 e. The molecule has 2 aromatic carbocycles. The molecule has 7 nitrogen and oxygen atoms in total. The van der Waals surface area contributed by atoms with Crippen molar-refractivity contribution < 1.29 is 14.3 Å². The third kappa shape index (κ3) is 4.39. The molecule has 0 bridgehead atoms. The first kappa shape index (κ1) is 23.4. The summed E-state index contributed by atoms with van der Waals surface area (Å²) in [5.74, 6) is -0.126. The highest BCUT2D eigenvalue weighted by Gasteiger charge is 2.48. The van der Waals surface area contributed by atoms with Gasteiger partial charge in [0.05, 0.1) is 41.8 Å². The van der Waals surface area contributed by atoms with Crippen molar-refractivity contribution in [3.63, 3.8) is 0 Å². The van der Waals surface area contributed by atoms with Crippen LogP contribution in [0.25, 0.3) is 0 Å². The molecule has 3 aliphatic rings. The molecule has 0 unspecified atom stereocenters. The molecule has 0 radical (unpaired) electrons. The number of carbonyl (C=O) groups excluding carboxylic acids is 2. The fourth-order valence-electron chi connectivity index (χ4n) is 6.26. The van der Waals surface area contributed by atoms with E-state index < -0.39 is 0 Å². The predicted octanol–water partition coefficient (Wildman–Crippen LogP) is 3.88. The zero-order valence-corrected chi connectivity index (χ0v) is 20.1. The molecule has 1 saturated heterocycles. The van der Waals surface area contributed by atoms with Crippen LogP contribution in [0.15, 0.2) is 48.5 Å². The summed E-state index contributed by atoms with van der Waals surface area (Å²) in [4.78, 5) is 29.2. The van der Waals surface area contributed by atoms with Gasteiger partial charge in [-0.1, -0.05) is 43.2 Å². The van der Waals surface area contributed by atoms with Crippen LogP contribution in [-0.2, 0) is 9.53 Å². The average Bonchev–Trinajstić information content (AvgIpc) is 3.35.